The lowest BCUT2D eigenvalue weighted by Gasteiger charge is -2.08. The number of hydrogen-bond donors (Lipinski definition) is 2. The lowest BCUT2D eigenvalue weighted by atomic mass is 10.0. The van der Waals surface area contributed by atoms with Crippen LogP contribution in [0.4, 0.5) is 8.78 Å². The molecule has 0 amide bonds. The van der Waals surface area contributed by atoms with Crippen molar-refractivity contribution in [1.82, 2.24) is 9.97 Å². The predicted molar refractivity (Wildman–Crippen MR) is 234 cm³/mol. The molecule has 2 aliphatic heterocycles. The standard InChI is InChI=1S/C48H30F2N2O6S2/c49-31-9-1-27(2-10-31)45-35-17-19-37(51-35)47(29-5-13-33(14-6-29)57-25-43(53)54)41-23-24-42(60-41)48(30-7-15-34(16-8-30)58-26-44(55)56)38-20-18-36(52-38)46(40-22-21-39(45)59-40)28-3-11-32(50)12-4-28/h1-24H,25-26H2,(H,53,54)(H,55,56). The van der Waals surface area contributed by atoms with Crippen molar-refractivity contribution in [3.8, 4) is 56.0 Å². The van der Waals surface area contributed by atoms with Gasteiger partial charge >= 0.3 is 11.9 Å². The number of aliphatic carboxylic acids is 2. The van der Waals surface area contributed by atoms with Gasteiger partial charge in [-0.3, -0.25) is 0 Å². The molecule has 2 aliphatic rings. The van der Waals surface area contributed by atoms with Gasteiger partial charge in [0, 0.05) is 41.1 Å². The van der Waals surface area contributed by atoms with Gasteiger partial charge in [-0.25, -0.2) is 28.3 Å². The van der Waals surface area contributed by atoms with Crippen LogP contribution in [0.3, 0.4) is 0 Å². The second-order valence-electron chi connectivity index (χ2n) is 13.7. The molecule has 294 valence electrons. The predicted octanol–water partition coefficient (Wildman–Crippen LogP) is 12.0. The highest BCUT2D eigenvalue weighted by atomic mass is 32.1. The molecule has 0 fully saturated rings. The van der Waals surface area contributed by atoms with Gasteiger partial charge in [-0.05, 0) is 119 Å². The molecule has 8 nitrogen and oxygen atoms in total. The smallest absolute Gasteiger partial charge is 0.341 e. The van der Waals surface area contributed by atoms with Gasteiger partial charge in [-0.15, -0.1) is 22.7 Å². The SMILES string of the molecule is O=C(O)COc1ccc(-c2c3nc(c(-c4ccc(F)cc4)c4ccc(s4)c(-c4ccc(F)cc4)c4nc(c(-c5ccc(OCC(=O)O)cc5)c5ccc2s5)C=C4)C=C3)cc1. The van der Waals surface area contributed by atoms with Crippen LogP contribution >= 0.6 is 22.7 Å². The lowest BCUT2D eigenvalue weighted by Crippen LogP contribution is -2.09. The minimum atomic E-state index is -1.08. The molecule has 9 rings (SSSR count). The molecule has 4 aromatic carbocycles. The van der Waals surface area contributed by atoms with Crippen LogP contribution in [0.5, 0.6) is 11.5 Å². The Kier molecular flexibility index (Phi) is 10.3. The summed E-state index contributed by atoms with van der Waals surface area (Å²) < 4.78 is 43.1. The van der Waals surface area contributed by atoms with Crippen molar-refractivity contribution in [1.29, 1.82) is 0 Å². The fourth-order valence-electron chi connectivity index (χ4n) is 7.12. The first-order chi connectivity index (χ1) is 29.2. The van der Waals surface area contributed by atoms with Crippen LogP contribution in [0.15, 0.2) is 121 Å². The molecule has 7 aromatic rings. The molecule has 60 heavy (non-hydrogen) atoms. The van der Waals surface area contributed by atoms with Gasteiger partial charge in [0.1, 0.15) is 23.1 Å². The normalized spacial score (nSPS) is 11.8. The van der Waals surface area contributed by atoms with Crippen LogP contribution < -0.4 is 9.47 Å². The summed E-state index contributed by atoms with van der Waals surface area (Å²) in [7, 11) is 0. The molecular formula is C48H30F2N2O6S2. The summed E-state index contributed by atoms with van der Waals surface area (Å²) in [6, 6.07) is 35.1. The highest BCUT2D eigenvalue weighted by molar-refractivity contribution is 7.24. The first-order valence-corrected chi connectivity index (χ1v) is 20.2. The molecule has 5 heterocycles. The molecule has 0 saturated carbocycles. The third kappa shape index (κ3) is 7.81. The monoisotopic (exact) mass is 832 g/mol. The first kappa shape index (κ1) is 38.2. The Bertz CT molecular complexity index is 2840. The van der Waals surface area contributed by atoms with Crippen molar-refractivity contribution in [2.24, 2.45) is 0 Å². The number of thiophene rings is 2. The molecule has 0 aliphatic carbocycles. The molecule has 0 radical (unpaired) electrons. The van der Waals surface area contributed by atoms with Gasteiger partial charge < -0.3 is 19.7 Å². The Balaban J connectivity index is 1.38. The molecule has 0 unspecified atom stereocenters. The quantitative estimate of drug-likeness (QED) is 0.140. The Morgan fingerprint density at radius 2 is 0.700 bits per heavy atom. The van der Waals surface area contributed by atoms with E-state index >= 15 is 0 Å². The Morgan fingerprint density at radius 3 is 0.967 bits per heavy atom. The fourth-order valence-corrected chi connectivity index (χ4v) is 9.43. The molecule has 0 spiro atoms. The highest BCUT2D eigenvalue weighted by Crippen LogP contribution is 2.43. The van der Waals surface area contributed by atoms with E-state index in [4.69, 9.17) is 19.4 Å². The maximum atomic E-state index is 14.3. The van der Waals surface area contributed by atoms with Crippen molar-refractivity contribution in [3.63, 3.8) is 0 Å². The number of carboxylic acid groups (broad SMARTS) is 2. The highest BCUT2D eigenvalue weighted by Gasteiger charge is 2.20. The zero-order valence-electron chi connectivity index (χ0n) is 31.3. The van der Waals surface area contributed by atoms with Gasteiger partial charge in [-0.1, -0.05) is 48.5 Å². The summed E-state index contributed by atoms with van der Waals surface area (Å²) in [4.78, 5) is 32.9. The molecule has 0 saturated heterocycles. The maximum Gasteiger partial charge on any atom is 0.341 e. The van der Waals surface area contributed by atoms with Crippen molar-refractivity contribution in [2.45, 2.75) is 0 Å². The molecular weight excluding hydrogens is 803 g/mol. The number of benzene rings is 4. The van der Waals surface area contributed by atoms with Crippen LogP contribution in [0.25, 0.3) is 87.6 Å². The lowest BCUT2D eigenvalue weighted by molar-refractivity contribution is -0.140. The summed E-state index contributed by atoms with van der Waals surface area (Å²) in [5, 5.41) is 18.3. The number of carbonyl (C=O) groups is 2. The van der Waals surface area contributed by atoms with Crippen LogP contribution in [0.2, 0.25) is 0 Å². The number of hydrogen-bond acceptors (Lipinski definition) is 8. The summed E-state index contributed by atoms with van der Waals surface area (Å²) in [5.74, 6) is -2.08. The summed E-state index contributed by atoms with van der Waals surface area (Å²) in [6.45, 7) is -0.952. The van der Waals surface area contributed by atoms with Gasteiger partial charge in [-0.2, -0.15) is 0 Å². The van der Waals surface area contributed by atoms with E-state index in [1.165, 1.54) is 46.9 Å². The van der Waals surface area contributed by atoms with Crippen LogP contribution in [0.1, 0.15) is 22.8 Å². The summed E-state index contributed by atoms with van der Waals surface area (Å²) in [5.41, 5.74) is 9.09. The zero-order valence-corrected chi connectivity index (χ0v) is 32.9. The minimum Gasteiger partial charge on any atom is -0.482 e. The number of halogens is 2. The third-order valence-corrected chi connectivity index (χ3v) is 12.0. The first-order valence-electron chi connectivity index (χ1n) is 18.6. The van der Waals surface area contributed by atoms with E-state index in [0.29, 0.717) is 34.3 Å². The maximum absolute atomic E-state index is 14.3. The number of rotatable bonds is 10. The van der Waals surface area contributed by atoms with Gasteiger partial charge in [0.25, 0.3) is 0 Å². The van der Waals surface area contributed by atoms with E-state index < -0.39 is 25.2 Å². The van der Waals surface area contributed by atoms with E-state index in [1.807, 2.05) is 72.8 Å². The Labute approximate surface area is 349 Å². The molecule has 12 heteroatoms. The van der Waals surface area contributed by atoms with Crippen molar-refractivity contribution in [2.75, 3.05) is 13.2 Å². The topological polar surface area (TPSA) is 119 Å². The largest absolute Gasteiger partial charge is 0.482 e. The van der Waals surface area contributed by atoms with Crippen LogP contribution in [0, 0.1) is 11.6 Å². The molecule has 0 atom stereocenters. The van der Waals surface area contributed by atoms with E-state index in [9.17, 15) is 28.6 Å². The Morgan fingerprint density at radius 1 is 0.433 bits per heavy atom. The van der Waals surface area contributed by atoms with Crippen LogP contribution in [-0.2, 0) is 9.59 Å². The van der Waals surface area contributed by atoms with E-state index in [0.717, 1.165) is 63.3 Å². The molecule has 2 N–H and O–H groups in total. The number of ether oxygens (including phenoxy) is 2. The molecule has 8 bridgehead atoms. The number of fused-ring (bicyclic) bond motifs is 8. The number of nitrogens with zero attached hydrogens (tertiary/aromatic N) is 2. The van der Waals surface area contributed by atoms with Gasteiger partial charge in [0.2, 0.25) is 0 Å². The van der Waals surface area contributed by atoms with Crippen molar-refractivity contribution < 1.29 is 38.1 Å². The third-order valence-electron chi connectivity index (χ3n) is 9.78. The Hall–Kier alpha value is -7.28. The van der Waals surface area contributed by atoms with Gasteiger partial charge in [0.15, 0.2) is 13.2 Å². The fraction of sp³-hybridized carbons (Fsp3) is 0.0417. The van der Waals surface area contributed by atoms with E-state index in [-0.39, 0.29) is 11.6 Å². The zero-order chi connectivity index (χ0) is 41.3. The van der Waals surface area contributed by atoms with Crippen molar-refractivity contribution in [3.05, 3.63) is 156 Å². The van der Waals surface area contributed by atoms with Crippen molar-refractivity contribution >= 4 is 77.7 Å². The van der Waals surface area contributed by atoms with E-state index in [1.54, 1.807) is 48.5 Å². The average Bonchev–Trinajstić information content (AvgIpc) is 4.10. The second-order valence-corrected chi connectivity index (χ2v) is 15.9. The van der Waals surface area contributed by atoms with E-state index in [2.05, 4.69) is 0 Å². The summed E-state index contributed by atoms with van der Waals surface area (Å²) in [6.07, 6.45) is 7.81. The average molecular weight is 833 g/mol. The second kappa shape index (κ2) is 16.2. The van der Waals surface area contributed by atoms with Gasteiger partial charge in [0.05, 0.1) is 22.8 Å². The van der Waals surface area contributed by atoms with Crippen LogP contribution in [-0.4, -0.2) is 45.3 Å². The minimum absolute atomic E-state index is 0.362. The summed E-state index contributed by atoms with van der Waals surface area (Å²) >= 11 is 3.05. The molecule has 3 aromatic heterocycles. The number of carboxylic acids is 2. The number of aromatic nitrogens is 2.